The van der Waals surface area contributed by atoms with Gasteiger partial charge in [-0.1, -0.05) is 18.2 Å². The Morgan fingerprint density at radius 1 is 1.09 bits per heavy atom. The van der Waals surface area contributed by atoms with Crippen molar-refractivity contribution >= 4 is 34.6 Å². The van der Waals surface area contributed by atoms with E-state index in [2.05, 4.69) is 4.98 Å². The Morgan fingerprint density at radius 3 is 2.44 bits per heavy atom. The summed E-state index contributed by atoms with van der Waals surface area (Å²) < 4.78 is 57.1. The lowest BCUT2D eigenvalue weighted by molar-refractivity contribution is 0.0515. The number of aromatic nitrogens is 1. The van der Waals surface area contributed by atoms with E-state index in [1.807, 2.05) is 0 Å². The number of halogens is 3. The summed E-state index contributed by atoms with van der Waals surface area (Å²) in [6.07, 6.45) is 0. The molecule has 0 N–H and O–H groups in total. The molecular weight excluding hydrogens is 447 g/mol. The minimum atomic E-state index is -1.31. The number of hydrogen-bond donors (Lipinski definition) is 0. The first-order chi connectivity index (χ1) is 15.4. The first-order valence-corrected chi connectivity index (χ1v) is 10.4. The Labute approximate surface area is 185 Å². The van der Waals surface area contributed by atoms with Gasteiger partial charge < -0.3 is 14.2 Å². The van der Waals surface area contributed by atoms with Crippen LogP contribution in [0.2, 0.25) is 0 Å². The van der Waals surface area contributed by atoms with E-state index in [-0.39, 0.29) is 45.2 Å². The fourth-order valence-electron chi connectivity index (χ4n) is 2.91. The van der Waals surface area contributed by atoms with Crippen LogP contribution < -0.4 is 9.47 Å². The second-order valence-corrected chi connectivity index (χ2v) is 7.32. The van der Waals surface area contributed by atoms with Crippen molar-refractivity contribution in [3.8, 4) is 11.5 Å². The zero-order valence-electron chi connectivity index (χ0n) is 17.1. The van der Waals surface area contributed by atoms with Gasteiger partial charge in [0.05, 0.1) is 31.3 Å². The van der Waals surface area contributed by atoms with Crippen LogP contribution in [-0.4, -0.2) is 43.1 Å². The minimum absolute atomic E-state index is 0.0166. The SMILES string of the molecule is CCOC(=O)c1c(SCCF)nc2c(OC)c(F)c(F)cc2c1OC(=O)c1ccccc1. The number of esters is 2. The van der Waals surface area contributed by atoms with Crippen molar-refractivity contribution in [3.63, 3.8) is 0 Å². The number of pyridine rings is 1. The molecule has 0 spiro atoms. The van der Waals surface area contributed by atoms with Gasteiger partial charge in [0.2, 0.25) is 5.82 Å². The number of hydrogen-bond acceptors (Lipinski definition) is 7. The molecule has 0 fully saturated rings. The molecule has 0 aliphatic heterocycles. The van der Waals surface area contributed by atoms with Crippen molar-refractivity contribution < 1.29 is 37.0 Å². The van der Waals surface area contributed by atoms with E-state index >= 15 is 0 Å². The molecule has 0 aliphatic rings. The van der Waals surface area contributed by atoms with Crippen molar-refractivity contribution in [3.05, 3.63) is 59.2 Å². The third-order valence-corrected chi connectivity index (χ3v) is 5.18. The smallest absolute Gasteiger partial charge is 0.344 e. The number of methoxy groups -OCH3 is 1. The average molecular weight is 465 g/mol. The van der Waals surface area contributed by atoms with Crippen LogP contribution in [0.25, 0.3) is 10.9 Å². The number of nitrogens with zero attached hydrogens (tertiary/aromatic N) is 1. The monoisotopic (exact) mass is 465 g/mol. The second kappa shape index (κ2) is 10.4. The lowest BCUT2D eigenvalue weighted by Gasteiger charge is -2.17. The van der Waals surface area contributed by atoms with Gasteiger partial charge in [0.1, 0.15) is 16.1 Å². The summed E-state index contributed by atoms with van der Waals surface area (Å²) >= 11 is 0.832. The number of carbonyl (C=O) groups excluding carboxylic acids is 2. The molecule has 0 radical (unpaired) electrons. The topological polar surface area (TPSA) is 74.7 Å². The molecule has 0 atom stereocenters. The third kappa shape index (κ3) is 4.64. The molecule has 32 heavy (non-hydrogen) atoms. The van der Waals surface area contributed by atoms with E-state index < -0.39 is 36.0 Å². The van der Waals surface area contributed by atoms with Crippen molar-refractivity contribution in [2.75, 3.05) is 26.1 Å². The normalized spacial score (nSPS) is 10.8. The molecule has 6 nitrogen and oxygen atoms in total. The van der Waals surface area contributed by atoms with Gasteiger partial charge in [-0.2, -0.15) is 4.39 Å². The number of thioether (sulfide) groups is 1. The van der Waals surface area contributed by atoms with Crippen LogP contribution in [0.5, 0.6) is 11.5 Å². The zero-order valence-corrected chi connectivity index (χ0v) is 17.9. The van der Waals surface area contributed by atoms with Crippen molar-refractivity contribution in [1.29, 1.82) is 0 Å². The standard InChI is InChI=1S/C22H18F3NO5S/c1-3-30-22(28)15-18(31-21(27)12-7-5-4-6-8-12)13-11-14(24)16(25)19(29-2)17(13)26-20(15)32-10-9-23/h4-8,11H,3,9-10H2,1-2H3. The summed E-state index contributed by atoms with van der Waals surface area (Å²) in [5.74, 6) is -5.40. The van der Waals surface area contributed by atoms with Gasteiger partial charge in [0.25, 0.3) is 0 Å². The number of rotatable bonds is 8. The van der Waals surface area contributed by atoms with Crippen LogP contribution in [0.15, 0.2) is 41.4 Å². The van der Waals surface area contributed by atoms with Crippen LogP contribution in [0.1, 0.15) is 27.6 Å². The van der Waals surface area contributed by atoms with Gasteiger partial charge in [-0.05, 0) is 25.1 Å². The maximum absolute atomic E-state index is 14.3. The fraction of sp³-hybridized carbons (Fsp3) is 0.227. The lowest BCUT2D eigenvalue weighted by Crippen LogP contribution is -2.16. The molecule has 1 aromatic heterocycles. The molecule has 0 amide bonds. The molecule has 0 saturated heterocycles. The first kappa shape index (κ1) is 23.4. The Hall–Kier alpha value is -3.27. The molecule has 0 unspecified atom stereocenters. The molecule has 10 heteroatoms. The van der Waals surface area contributed by atoms with Crippen LogP contribution in [0.3, 0.4) is 0 Å². The number of fused-ring (bicyclic) bond motifs is 1. The van der Waals surface area contributed by atoms with E-state index in [1.54, 1.807) is 25.1 Å². The summed E-state index contributed by atoms with van der Waals surface area (Å²) in [6, 6.07) is 8.62. The van der Waals surface area contributed by atoms with Gasteiger partial charge in [0.15, 0.2) is 17.3 Å². The molecule has 168 valence electrons. The molecule has 2 aromatic carbocycles. The first-order valence-electron chi connectivity index (χ1n) is 9.45. The fourth-order valence-corrected chi connectivity index (χ4v) is 3.65. The Balaban J connectivity index is 2.34. The van der Waals surface area contributed by atoms with Gasteiger partial charge in [-0.15, -0.1) is 11.8 Å². The summed E-state index contributed by atoms with van der Waals surface area (Å²) in [5.41, 5.74) is -0.341. The van der Waals surface area contributed by atoms with E-state index in [0.717, 1.165) is 24.9 Å². The molecule has 0 aliphatic carbocycles. The van der Waals surface area contributed by atoms with E-state index in [9.17, 15) is 22.8 Å². The maximum atomic E-state index is 14.3. The molecule has 3 rings (SSSR count). The third-order valence-electron chi connectivity index (χ3n) is 4.25. The average Bonchev–Trinajstić information content (AvgIpc) is 2.79. The van der Waals surface area contributed by atoms with E-state index in [4.69, 9.17) is 14.2 Å². The predicted octanol–water partition coefficient (Wildman–Crippen LogP) is 4.98. The van der Waals surface area contributed by atoms with Crippen molar-refractivity contribution in [1.82, 2.24) is 4.98 Å². The highest BCUT2D eigenvalue weighted by molar-refractivity contribution is 7.99. The molecule has 0 bridgehead atoms. The summed E-state index contributed by atoms with van der Waals surface area (Å²) in [5, 5.41) is -0.258. The molecular formula is C22H18F3NO5S. The largest absolute Gasteiger partial charge is 0.491 e. The summed E-state index contributed by atoms with van der Waals surface area (Å²) in [7, 11) is 1.11. The highest BCUT2D eigenvalue weighted by Crippen LogP contribution is 2.41. The van der Waals surface area contributed by atoms with Gasteiger partial charge in [-0.3, -0.25) is 4.39 Å². The van der Waals surface area contributed by atoms with Crippen LogP contribution >= 0.6 is 11.8 Å². The van der Waals surface area contributed by atoms with Crippen molar-refractivity contribution in [2.45, 2.75) is 11.9 Å². The van der Waals surface area contributed by atoms with E-state index in [0.29, 0.717) is 0 Å². The van der Waals surface area contributed by atoms with Crippen LogP contribution in [0, 0.1) is 11.6 Å². The van der Waals surface area contributed by atoms with Gasteiger partial charge in [0, 0.05) is 5.75 Å². The summed E-state index contributed by atoms with van der Waals surface area (Å²) in [4.78, 5) is 29.7. The highest BCUT2D eigenvalue weighted by Gasteiger charge is 2.29. The summed E-state index contributed by atoms with van der Waals surface area (Å²) in [6.45, 7) is 0.798. The number of carbonyl (C=O) groups is 2. The van der Waals surface area contributed by atoms with Crippen LogP contribution in [0.4, 0.5) is 13.2 Å². The zero-order chi connectivity index (χ0) is 23.3. The minimum Gasteiger partial charge on any atom is -0.491 e. The molecule has 0 saturated carbocycles. The number of ether oxygens (including phenoxy) is 3. The Bertz CT molecular complexity index is 1160. The second-order valence-electron chi connectivity index (χ2n) is 6.24. The predicted molar refractivity (Wildman–Crippen MR) is 112 cm³/mol. The Kier molecular flexibility index (Phi) is 7.57. The molecule has 3 aromatic rings. The van der Waals surface area contributed by atoms with Gasteiger partial charge in [-0.25, -0.2) is 19.0 Å². The highest BCUT2D eigenvalue weighted by atomic mass is 32.2. The lowest BCUT2D eigenvalue weighted by atomic mass is 10.1. The van der Waals surface area contributed by atoms with Gasteiger partial charge >= 0.3 is 11.9 Å². The number of alkyl halides is 1. The van der Waals surface area contributed by atoms with Crippen molar-refractivity contribution in [2.24, 2.45) is 0 Å². The van der Waals surface area contributed by atoms with Crippen LogP contribution in [-0.2, 0) is 4.74 Å². The Morgan fingerprint density at radius 2 is 1.81 bits per heavy atom. The molecule has 1 heterocycles. The maximum Gasteiger partial charge on any atom is 0.344 e. The number of benzene rings is 2. The van der Waals surface area contributed by atoms with E-state index in [1.165, 1.54) is 12.1 Å². The quantitative estimate of drug-likeness (QED) is 0.343.